The van der Waals surface area contributed by atoms with E-state index in [1.807, 2.05) is 0 Å². The Labute approximate surface area is 159 Å². The number of rotatable bonds is 5. The smallest absolute Gasteiger partial charge is 0.290 e. The number of aromatic nitrogens is 2. The van der Waals surface area contributed by atoms with Crippen LogP contribution in [0.25, 0.3) is 10.8 Å². The van der Waals surface area contributed by atoms with Crippen molar-refractivity contribution in [1.82, 2.24) is 21.0 Å². The Hall–Kier alpha value is -3.88. The number of hydrazine groups is 1. The van der Waals surface area contributed by atoms with Crippen LogP contribution < -0.4 is 25.9 Å². The number of methoxy groups -OCH3 is 2. The Balaban J connectivity index is 1.68. The molecule has 144 valence electrons. The summed E-state index contributed by atoms with van der Waals surface area (Å²) in [5.41, 5.74) is 4.92. The first-order chi connectivity index (χ1) is 13.5. The van der Waals surface area contributed by atoms with Gasteiger partial charge in [0.05, 0.1) is 26.0 Å². The minimum absolute atomic E-state index is 0.00150. The number of carbonyl (C=O) groups is 2. The molecule has 0 aliphatic rings. The van der Waals surface area contributed by atoms with Crippen molar-refractivity contribution in [2.75, 3.05) is 14.2 Å². The van der Waals surface area contributed by atoms with E-state index in [0.29, 0.717) is 27.8 Å². The zero-order valence-corrected chi connectivity index (χ0v) is 15.2. The lowest BCUT2D eigenvalue weighted by Gasteiger charge is -2.10. The van der Waals surface area contributed by atoms with E-state index in [1.54, 1.807) is 42.5 Å². The molecule has 9 nitrogen and oxygen atoms in total. The molecule has 3 N–H and O–H groups in total. The molecular weight excluding hydrogens is 364 g/mol. The Kier molecular flexibility index (Phi) is 5.54. The van der Waals surface area contributed by atoms with Crippen molar-refractivity contribution in [3.8, 4) is 11.5 Å². The number of H-pyrrole nitrogens is 1. The normalized spacial score (nSPS) is 10.4. The van der Waals surface area contributed by atoms with Crippen molar-refractivity contribution in [2.45, 2.75) is 6.42 Å². The fourth-order valence-corrected chi connectivity index (χ4v) is 2.69. The van der Waals surface area contributed by atoms with E-state index in [1.165, 1.54) is 14.2 Å². The number of benzene rings is 2. The number of hydrogen-bond donors (Lipinski definition) is 3. The molecule has 0 atom stereocenters. The van der Waals surface area contributed by atoms with Crippen LogP contribution in [0.1, 0.15) is 16.1 Å². The molecule has 9 heteroatoms. The van der Waals surface area contributed by atoms with E-state index in [4.69, 9.17) is 9.47 Å². The molecule has 3 rings (SSSR count). The van der Waals surface area contributed by atoms with Crippen molar-refractivity contribution in [2.24, 2.45) is 0 Å². The van der Waals surface area contributed by atoms with Gasteiger partial charge in [0.2, 0.25) is 5.91 Å². The van der Waals surface area contributed by atoms with E-state index in [9.17, 15) is 14.4 Å². The van der Waals surface area contributed by atoms with Gasteiger partial charge in [-0.3, -0.25) is 25.2 Å². The minimum atomic E-state index is -0.645. The van der Waals surface area contributed by atoms with Gasteiger partial charge in [-0.05, 0) is 23.8 Å². The average Bonchev–Trinajstić information content (AvgIpc) is 2.72. The fraction of sp³-hybridized carbons (Fsp3) is 0.158. The molecule has 0 spiro atoms. The molecule has 1 aromatic heterocycles. The summed E-state index contributed by atoms with van der Waals surface area (Å²) in [5, 5.41) is 6.77. The summed E-state index contributed by atoms with van der Waals surface area (Å²) in [4.78, 5) is 36.3. The summed E-state index contributed by atoms with van der Waals surface area (Å²) >= 11 is 0. The number of ether oxygens (including phenoxy) is 2. The Morgan fingerprint density at radius 2 is 1.71 bits per heavy atom. The second kappa shape index (κ2) is 8.21. The highest BCUT2D eigenvalue weighted by Gasteiger charge is 2.15. The van der Waals surface area contributed by atoms with Gasteiger partial charge in [0.1, 0.15) is 0 Å². The third-order valence-electron chi connectivity index (χ3n) is 4.04. The molecule has 28 heavy (non-hydrogen) atoms. The number of fused-ring (bicyclic) bond motifs is 1. The summed E-state index contributed by atoms with van der Waals surface area (Å²) in [7, 11) is 3.03. The third kappa shape index (κ3) is 3.93. The second-order valence-electron chi connectivity index (χ2n) is 5.82. The SMILES string of the molecule is COc1ccc(CC(=O)NNC(=O)c2n[nH]c(=O)c3ccccc23)cc1OC. The van der Waals surface area contributed by atoms with Gasteiger partial charge >= 0.3 is 0 Å². The monoisotopic (exact) mass is 382 g/mol. The van der Waals surface area contributed by atoms with Crippen molar-refractivity contribution in [3.63, 3.8) is 0 Å². The Morgan fingerprint density at radius 3 is 2.43 bits per heavy atom. The molecule has 0 saturated heterocycles. The summed E-state index contributed by atoms with van der Waals surface area (Å²) in [6.45, 7) is 0. The van der Waals surface area contributed by atoms with Crippen LogP contribution >= 0.6 is 0 Å². The first kappa shape index (κ1) is 18.9. The lowest BCUT2D eigenvalue weighted by molar-refractivity contribution is -0.121. The van der Waals surface area contributed by atoms with Gasteiger partial charge < -0.3 is 9.47 Å². The van der Waals surface area contributed by atoms with Gasteiger partial charge in [0.15, 0.2) is 17.2 Å². The Bertz CT molecular complexity index is 1090. The summed E-state index contributed by atoms with van der Waals surface area (Å²) in [6.07, 6.45) is 0.0143. The average molecular weight is 382 g/mol. The summed E-state index contributed by atoms with van der Waals surface area (Å²) in [6, 6.07) is 11.7. The number of amides is 2. The number of nitrogens with one attached hydrogen (secondary N) is 3. The molecule has 0 unspecified atom stereocenters. The molecule has 0 aliphatic heterocycles. The number of nitrogens with zero attached hydrogens (tertiary/aromatic N) is 1. The maximum Gasteiger partial charge on any atom is 0.290 e. The van der Waals surface area contributed by atoms with Crippen molar-refractivity contribution in [3.05, 3.63) is 64.1 Å². The van der Waals surface area contributed by atoms with Gasteiger partial charge in [-0.15, -0.1) is 0 Å². The van der Waals surface area contributed by atoms with Crippen LogP contribution in [0.2, 0.25) is 0 Å². The van der Waals surface area contributed by atoms with Crippen LogP contribution in [-0.4, -0.2) is 36.2 Å². The molecular formula is C19H18N4O5. The second-order valence-corrected chi connectivity index (χ2v) is 5.82. The fourth-order valence-electron chi connectivity index (χ4n) is 2.69. The quantitative estimate of drug-likeness (QED) is 0.565. The van der Waals surface area contributed by atoms with E-state index in [0.717, 1.165) is 0 Å². The number of aromatic amines is 1. The molecule has 0 saturated carbocycles. The molecule has 2 aromatic carbocycles. The predicted octanol–water partition coefficient (Wildman–Crippen LogP) is 0.944. The largest absolute Gasteiger partial charge is 0.493 e. The summed E-state index contributed by atoms with van der Waals surface area (Å²) in [5.74, 6) is -0.0286. The van der Waals surface area contributed by atoms with E-state index in [-0.39, 0.29) is 12.1 Å². The molecule has 0 radical (unpaired) electrons. The molecule has 3 aromatic rings. The first-order valence-electron chi connectivity index (χ1n) is 8.31. The van der Waals surface area contributed by atoms with Crippen molar-refractivity contribution >= 4 is 22.6 Å². The lowest BCUT2D eigenvalue weighted by Crippen LogP contribution is -2.43. The first-order valence-corrected chi connectivity index (χ1v) is 8.31. The third-order valence-corrected chi connectivity index (χ3v) is 4.04. The zero-order chi connectivity index (χ0) is 20.1. The van der Waals surface area contributed by atoms with Crippen LogP contribution in [0.5, 0.6) is 11.5 Å². The van der Waals surface area contributed by atoms with Crippen molar-refractivity contribution in [1.29, 1.82) is 0 Å². The van der Waals surface area contributed by atoms with E-state index in [2.05, 4.69) is 21.0 Å². The topological polar surface area (TPSA) is 122 Å². The maximum absolute atomic E-state index is 12.4. The van der Waals surface area contributed by atoms with Crippen molar-refractivity contribution < 1.29 is 19.1 Å². The number of hydrogen-bond acceptors (Lipinski definition) is 6. The van der Waals surface area contributed by atoms with E-state index >= 15 is 0 Å². The molecule has 2 amide bonds. The standard InChI is InChI=1S/C19H18N4O5/c1-27-14-8-7-11(9-15(14)28-2)10-16(24)20-23-19(26)17-12-5-3-4-6-13(12)18(25)22-21-17/h3-9H,10H2,1-2H3,(H,20,24)(H,22,25)(H,23,26). The highest BCUT2D eigenvalue weighted by molar-refractivity contribution is 6.05. The predicted molar refractivity (Wildman–Crippen MR) is 101 cm³/mol. The van der Waals surface area contributed by atoms with E-state index < -0.39 is 17.4 Å². The molecule has 0 fully saturated rings. The summed E-state index contributed by atoms with van der Waals surface area (Å²) < 4.78 is 10.4. The maximum atomic E-state index is 12.4. The van der Waals surface area contributed by atoms with Crippen LogP contribution in [-0.2, 0) is 11.2 Å². The van der Waals surface area contributed by atoms with Gasteiger partial charge in [-0.25, -0.2) is 5.10 Å². The minimum Gasteiger partial charge on any atom is -0.493 e. The van der Waals surface area contributed by atoms with Crippen LogP contribution in [0.4, 0.5) is 0 Å². The molecule has 0 aliphatic carbocycles. The highest BCUT2D eigenvalue weighted by atomic mass is 16.5. The zero-order valence-electron chi connectivity index (χ0n) is 15.2. The lowest BCUT2D eigenvalue weighted by atomic mass is 10.1. The highest BCUT2D eigenvalue weighted by Crippen LogP contribution is 2.27. The van der Waals surface area contributed by atoms with Gasteiger partial charge in [-0.2, -0.15) is 5.10 Å². The van der Waals surface area contributed by atoms with Crippen LogP contribution in [0, 0.1) is 0 Å². The van der Waals surface area contributed by atoms with Crippen LogP contribution in [0.3, 0.4) is 0 Å². The molecule has 0 bridgehead atoms. The van der Waals surface area contributed by atoms with Gasteiger partial charge in [0, 0.05) is 5.39 Å². The number of carbonyl (C=O) groups excluding carboxylic acids is 2. The molecule has 1 heterocycles. The van der Waals surface area contributed by atoms with Gasteiger partial charge in [-0.1, -0.05) is 24.3 Å². The Morgan fingerprint density at radius 1 is 1.00 bits per heavy atom. The van der Waals surface area contributed by atoms with Gasteiger partial charge in [0.25, 0.3) is 11.5 Å². The van der Waals surface area contributed by atoms with Crippen LogP contribution in [0.15, 0.2) is 47.3 Å².